The second-order valence-electron chi connectivity index (χ2n) is 4.74. The van der Waals surface area contributed by atoms with E-state index in [0.717, 1.165) is 25.9 Å². The summed E-state index contributed by atoms with van der Waals surface area (Å²) in [5.74, 6) is 0.417. The number of likely N-dealkylation sites (tertiary alicyclic amines) is 1. The third-order valence-corrected chi connectivity index (χ3v) is 3.59. The van der Waals surface area contributed by atoms with E-state index in [-0.39, 0.29) is 11.9 Å². The molecule has 1 aromatic rings. The summed E-state index contributed by atoms with van der Waals surface area (Å²) in [6, 6.07) is 1.80. The maximum Gasteiger partial charge on any atom is 0.270 e. The van der Waals surface area contributed by atoms with Crippen LogP contribution in [0.4, 0.5) is 0 Å². The number of aromatic amines is 1. The van der Waals surface area contributed by atoms with Gasteiger partial charge < -0.3 is 15.6 Å². The molecular weight excluding hydrogens is 238 g/mol. The molecule has 4 nitrogen and oxygen atoms in total. The SMILES string of the molecule is C[C@@H](N)[C@H]1CCCN(C(=O)c2cc(Cl)c[nH]2)C1. The molecule has 17 heavy (non-hydrogen) atoms. The van der Waals surface area contributed by atoms with Crippen molar-refractivity contribution in [1.29, 1.82) is 0 Å². The Morgan fingerprint density at radius 3 is 3.06 bits per heavy atom. The van der Waals surface area contributed by atoms with Crippen molar-refractivity contribution in [3.05, 3.63) is 23.0 Å². The highest BCUT2D eigenvalue weighted by molar-refractivity contribution is 6.30. The number of nitrogens with one attached hydrogen (secondary N) is 1. The average molecular weight is 256 g/mol. The van der Waals surface area contributed by atoms with Crippen molar-refractivity contribution < 1.29 is 4.79 Å². The molecule has 0 saturated carbocycles. The molecule has 1 aromatic heterocycles. The number of amides is 1. The standard InChI is InChI=1S/C12H18ClN3O/c1-8(14)9-3-2-4-16(7-9)12(17)11-5-10(13)6-15-11/h5-6,8-9,15H,2-4,7,14H2,1H3/t8-,9+/m1/s1. The van der Waals surface area contributed by atoms with Crippen LogP contribution in [0.3, 0.4) is 0 Å². The van der Waals surface area contributed by atoms with Crippen LogP contribution in [0, 0.1) is 5.92 Å². The van der Waals surface area contributed by atoms with E-state index < -0.39 is 0 Å². The largest absolute Gasteiger partial charge is 0.356 e. The van der Waals surface area contributed by atoms with E-state index in [4.69, 9.17) is 17.3 Å². The van der Waals surface area contributed by atoms with E-state index in [9.17, 15) is 4.79 Å². The summed E-state index contributed by atoms with van der Waals surface area (Å²) in [6.07, 6.45) is 3.75. The van der Waals surface area contributed by atoms with Crippen LogP contribution in [-0.2, 0) is 0 Å². The minimum atomic E-state index is 0.0160. The molecule has 1 aliphatic heterocycles. The van der Waals surface area contributed by atoms with Crippen molar-refractivity contribution in [2.24, 2.45) is 11.7 Å². The maximum atomic E-state index is 12.2. The highest BCUT2D eigenvalue weighted by Gasteiger charge is 2.26. The van der Waals surface area contributed by atoms with Crippen LogP contribution in [0.2, 0.25) is 5.02 Å². The number of nitrogens with zero attached hydrogens (tertiary/aromatic N) is 1. The van der Waals surface area contributed by atoms with E-state index in [2.05, 4.69) is 4.98 Å². The molecule has 0 aliphatic carbocycles. The van der Waals surface area contributed by atoms with Crippen LogP contribution in [0.1, 0.15) is 30.3 Å². The summed E-state index contributed by atoms with van der Waals surface area (Å²) in [6.45, 7) is 3.55. The fraction of sp³-hybridized carbons (Fsp3) is 0.583. The second-order valence-corrected chi connectivity index (χ2v) is 5.18. The summed E-state index contributed by atoms with van der Waals surface area (Å²) < 4.78 is 0. The van der Waals surface area contributed by atoms with Gasteiger partial charge in [0.1, 0.15) is 5.69 Å². The number of hydrogen-bond acceptors (Lipinski definition) is 2. The van der Waals surface area contributed by atoms with Gasteiger partial charge in [0, 0.05) is 25.3 Å². The molecule has 3 N–H and O–H groups in total. The number of aromatic nitrogens is 1. The highest BCUT2D eigenvalue weighted by Crippen LogP contribution is 2.21. The van der Waals surface area contributed by atoms with Crippen molar-refractivity contribution in [2.45, 2.75) is 25.8 Å². The van der Waals surface area contributed by atoms with Crippen LogP contribution in [0.5, 0.6) is 0 Å². The molecule has 0 bridgehead atoms. The van der Waals surface area contributed by atoms with Gasteiger partial charge in [-0.15, -0.1) is 0 Å². The van der Waals surface area contributed by atoms with Gasteiger partial charge in [-0.05, 0) is 31.7 Å². The van der Waals surface area contributed by atoms with Gasteiger partial charge >= 0.3 is 0 Å². The van der Waals surface area contributed by atoms with Crippen molar-refractivity contribution in [1.82, 2.24) is 9.88 Å². The van der Waals surface area contributed by atoms with Gasteiger partial charge in [-0.3, -0.25) is 4.79 Å². The quantitative estimate of drug-likeness (QED) is 0.848. The molecule has 94 valence electrons. The first-order valence-corrected chi connectivity index (χ1v) is 6.34. The van der Waals surface area contributed by atoms with Crippen LogP contribution >= 0.6 is 11.6 Å². The maximum absolute atomic E-state index is 12.2. The third-order valence-electron chi connectivity index (χ3n) is 3.37. The van der Waals surface area contributed by atoms with Gasteiger partial charge in [0.05, 0.1) is 5.02 Å². The minimum Gasteiger partial charge on any atom is -0.356 e. The highest BCUT2D eigenvalue weighted by atomic mass is 35.5. The normalized spacial score (nSPS) is 22.5. The van der Waals surface area contributed by atoms with Gasteiger partial charge in [-0.2, -0.15) is 0 Å². The summed E-state index contributed by atoms with van der Waals surface area (Å²) in [4.78, 5) is 16.9. The van der Waals surface area contributed by atoms with Crippen LogP contribution in [-0.4, -0.2) is 34.9 Å². The monoisotopic (exact) mass is 255 g/mol. The first-order valence-electron chi connectivity index (χ1n) is 5.96. The first-order chi connectivity index (χ1) is 8.08. The molecule has 5 heteroatoms. The van der Waals surface area contributed by atoms with Crippen molar-refractivity contribution in [2.75, 3.05) is 13.1 Å². The molecule has 1 amide bonds. The number of rotatable bonds is 2. The Balaban J connectivity index is 2.04. The number of halogens is 1. The molecule has 0 aromatic carbocycles. The smallest absolute Gasteiger partial charge is 0.270 e. The van der Waals surface area contributed by atoms with Gasteiger partial charge in [-0.25, -0.2) is 0 Å². The molecule has 2 atom stereocenters. The van der Waals surface area contributed by atoms with E-state index in [0.29, 0.717) is 16.6 Å². The van der Waals surface area contributed by atoms with Crippen LogP contribution < -0.4 is 5.73 Å². The zero-order chi connectivity index (χ0) is 12.4. The molecular formula is C12H18ClN3O. The lowest BCUT2D eigenvalue weighted by Gasteiger charge is -2.34. The molecule has 2 heterocycles. The Labute approximate surface area is 106 Å². The Hall–Kier alpha value is -1.00. The van der Waals surface area contributed by atoms with Crippen LogP contribution in [0.15, 0.2) is 12.3 Å². The summed E-state index contributed by atoms with van der Waals surface area (Å²) in [5, 5.41) is 0.564. The number of hydrogen-bond donors (Lipinski definition) is 2. The van der Waals surface area contributed by atoms with Crippen LogP contribution in [0.25, 0.3) is 0 Å². The van der Waals surface area contributed by atoms with Gasteiger partial charge in [0.25, 0.3) is 5.91 Å². The lowest BCUT2D eigenvalue weighted by molar-refractivity contribution is 0.0655. The predicted molar refractivity (Wildman–Crippen MR) is 68.1 cm³/mol. The van der Waals surface area contributed by atoms with Gasteiger partial charge in [-0.1, -0.05) is 11.6 Å². The fourth-order valence-corrected chi connectivity index (χ4v) is 2.45. The average Bonchev–Trinajstić information content (AvgIpc) is 2.75. The Morgan fingerprint density at radius 2 is 2.47 bits per heavy atom. The molecule has 1 saturated heterocycles. The summed E-state index contributed by atoms with van der Waals surface area (Å²) in [5.41, 5.74) is 6.46. The lowest BCUT2D eigenvalue weighted by atomic mass is 9.92. The number of carbonyl (C=O) groups excluding carboxylic acids is 1. The fourth-order valence-electron chi connectivity index (χ4n) is 2.29. The van der Waals surface area contributed by atoms with Gasteiger partial charge in [0.2, 0.25) is 0 Å². The Morgan fingerprint density at radius 1 is 1.71 bits per heavy atom. The van der Waals surface area contributed by atoms with Gasteiger partial charge in [0.15, 0.2) is 0 Å². The molecule has 1 aliphatic rings. The topological polar surface area (TPSA) is 62.1 Å². The first kappa shape index (κ1) is 12.5. The number of H-pyrrole nitrogens is 1. The predicted octanol–water partition coefficient (Wildman–Crippen LogP) is 1.87. The van der Waals surface area contributed by atoms with E-state index in [1.54, 1.807) is 12.3 Å². The van der Waals surface area contributed by atoms with Crippen molar-refractivity contribution in [3.63, 3.8) is 0 Å². The molecule has 0 unspecified atom stereocenters. The molecule has 0 radical (unpaired) electrons. The van der Waals surface area contributed by atoms with E-state index >= 15 is 0 Å². The third kappa shape index (κ3) is 2.82. The molecule has 2 rings (SSSR count). The Kier molecular flexibility index (Phi) is 3.74. The minimum absolute atomic E-state index is 0.0160. The van der Waals surface area contributed by atoms with Crippen molar-refractivity contribution in [3.8, 4) is 0 Å². The van der Waals surface area contributed by atoms with E-state index in [1.165, 1.54) is 0 Å². The summed E-state index contributed by atoms with van der Waals surface area (Å²) >= 11 is 5.80. The zero-order valence-corrected chi connectivity index (χ0v) is 10.7. The number of carbonyl (C=O) groups is 1. The second kappa shape index (κ2) is 5.10. The zero-order valence-electron chi connectivity index (χ0n) is 9.95. The summed E-state index contributed by atoms with van der Waals surface area (Å²) in [7, 11) is 0. The van der Waals surface area contributed by atoms with E-state index in [1.807, 2.05) is 11.8 Å². The lowest BCUT2D eigenvalue weighted by Crippen LogP contribution is -2.45. The molecule has 1 fully saturated rings. The van der Waals surface area contributed by atoms with Crippen molar-refractivity contribution >= 4 is 17.5 Å². The number of nitrogens with two attached hydrogens (primary N) is 1. The molecule has 0 spiro atoms. The Bertz CT molecular complexity index is 402. The number of piperidine rings is 1.